The SMILES string of the molecule is CC(C)Cc1ccc2c(c1)CN(c1c(N)c(=O)c1=O)CC2(F)F.CC(C)Cc1ccc2c(c1)CN(c1c(N)c(=O)c1=O)CC2=O.CC(C)Cc1ccc2c(c1)N(c1c(N)c(=O)c1=O)CCC2.CC(C)Cc1ccc2c(c1)N(c1c(N)c(=O)c1=O)CCCC2.CC(C)Cc1ccc2c(c1)N(c1c(N)c(=O)c1=O)CCCO2.CC(C)Cc1ccc2c(c1)N(c1c(N)c(=O)c1=O)CCO2. The maximum atomic E-state index is 14.4. The largest absolute Gasteiger partial charge is 0.491 e. The zero-order valence-corrected chi connectivity index (χ0v) is 76.4. The first-order valence-corrected chi connectivity index (χ1v) is 45.1. The average Bonchev–Trinajstić information content (AvgIpc) is 1.44. The minimum Gasteiger partial charge on any atom is -0.491 e. The van der Waals surface area contributed by atoms with Gasteiger partial charge in [0.25, 0.3) is 71.1 Å². The number of hydrogen-bond acceptors (Lipinski definition) is 27. The molecule has 12 aromatic rings. The molecule has 6 heterocycles. The Bertz CT molecular complexity index is 6550. The highest BCUT2D eigenvalue weighted by Gasteiger charge is 2.43. The Labute approximate surface area is 757 Å². The molecule has 18 rings (SSSR count). The quantitative estimate of drug-likeness (QED) is 0.0435. The van der Waals surface area contributed by atoms with Crippen molar-refractivity contribution < 1.29 is 23.0 Å². The first-order valence-electron chi connectivity index (χ1n) is 45.1. The van der Waals surface area contributed by atoms with Gasteiger partial charge < -0.3 is 73.3 Å². The van der Waals surface area contributed by atoms with Crippen LogP contribution in [0.4, 0.5) is 99.8 Å². The third kappa shape index (κ3) is 19.8. The van der Waals surface area contributed by atoms with Crippen molar-refractivity contribution in [2.24, 2.45) is 35.5 Å². The molecular weight excluding hydrogens is 1670 g/mol. The number of benzene rings is 6. The fourth-order valence-corrected chi connectivity index (χ4v) is 18.3. The highest BCUT2D eigenvalue weighted by Crippen LogP contribution is 2.44. The van der Waals surface area contributed by atoms with E-state index in [0.717, 1.165) is 136 Å². The number of Topliss-reactive ketones (excluding diaryl/α,β-unsaturated/α-hetero) is 1. The molecule has 0 spiro atoms. The molecular formula is C102H116F2N12O15. The lowest BCUT2D eigenvalue weighted by atomic mass is 9.91. The van der Waals surface area contributed by atoms with Crippen LogP contribution in [-0.4, -0.2) is 58.3 Å². The van der Waals surface area contributed by atoms with E-state index in [2.05, 4.69) is 119 Å². The van der Waals surface area contributed by atoms with Crippen molar-refractivity contribution in [2.75, 3.05) is 116 Å². The number of hydrogen-bond donors (Lipinski definition) is 6. The maximum Gasteiger partial charge on any atom is 0.290 e. The van der Waals surface area contributed by atoms with Gasteiger partial charge >= 0.3 is 0 Å². The van der Waals surface area contributed by atoms with E-state index in [4.69, 9.17) is 43.9 Å². The molecule has 0 radical (unpaired) electrons. The Morgan fingerprint density at radius 3 is 1.03 bits per heavy atom. The van der Waals surface area contributed by atoms with Crippen LogP contribution in [0.2, 0.25) is 0 Å². The molecule has 6 aliphatic heterocycles. The number of nitrogens with zero attached hydrogens (tertiary/aromatic N) is 6. The third-order valence-electron chi connectivity index (χ3n) is 24.4. The van der Waals surface area contributed by atoms with Crippen molar-refractivity contribution in [3.63, 3.8) is 0 Å². The molecule has 0 bridgehead atoms. The number of aryl methyl sites for hydroxylation is 2. The molecule has 29 heteroatoms. The molecule has 27 nitrogen and oxygen atoms in total. The molecule has 12 N–H and O–H groups in total. The van der Waals surface area contributed by atoms with E-state index in [1.807, 2.05) is 74.2 Å². The molecule has 0 aromatic heterocycles. The number of alkyl halides is 2. The zero-order valence-electron chi connectivity index (χ0n) is 76.4. The molecule has 0 atom stereocenters. The van der Waals surface area contributed by atoms with Gasteiger partial charge in [-0.15, -0.1) is 0 Å². The zero-order chi connectivity index (χ0) is 95.0. The molecule has 0 saturated carbocycles. The van der Waals surface area contributed by atoms with Gasteiger partial charge in [-0.25, -0.2) is 0 Å². The summed E-state index contributed by atoms with van der Waals surface area (Å²) >= 11 is 0. The van der Waals surface area contributed by atoms with E-state index in [-0.39, 0.29) is 69.9 Å². The van der Waals surface area contributed by atoms with Gasteiger partial charge in [-0.1, -0.05) is 156 Å². The second kappa shape index (κ2) is 39.1. The predicted octanol–water partition coefficient (Wildman–Crippen LogP) is 11.7. The number of carbonyl (C=O) groups excluding carboxylic acids is 1. The number of ether oxygens (including phenoxy) is 2. The molecule has 0 saturated heterocycles. The van der Waals surface area contributed by atoms with Crippen LogP contribution in [0.3, 0.4) is 0 Å². The molecule has 0 unspecified atom stereocenters. The molecule has 0 fully saturated rings. The average molecular weight is 1790 g/mol. The summed E-state index contributed by atoms with van der Waals surface area (Å²) < 4.78 is 40.2. The number of halogens is 2. The molecule has 688 valence electrons. The summed E-state index contributed by atoms with van der Waals surface area (Å²) in [6.07, 6.45) is 11.4. The number of anilines is 16. The van der Waals surface area contributed by atoms with Crippen molar-refractivity contribution in [3.05, 3.63) is 299 Å². The van der Waals surface area contributed by atoms with Gasteiger partial charge in [0.2, 0.25) is 0 Å². The van der Waals surface area contributed by atoms with Gasteiger partial charge in [-0.05, 0) is 205 Å². The van der Waals surface area contributed by atoms with Crippen LogP contribution in [0.15, 0.2) is 167 Å². The minimum atomic E-state index is -3.09. The Kier molecular flexibility index (Phi) is 28.4. The second-order valence-electron chi connectivity index (χ2n) is 37.7. The topological polar surface area (TPSA) is 416 Å². The standard InChI is InChI=1S/C18H22N2O2.C17H18F2N2O2.C17H20N2O3.C17H18N2O3.C17H20N2O2.C16H18N2O3/c1-11(2)9-12-6-7-13-5-3-4-8-20(14(13)10-12)16-15(19)17(21)18(16)22;1-9(2)5-10-3-4-12-11(6-10)7-21(8-17(12,18)19)14-13(20)15(22)16(14)23;1-10(2)8-11-4-5-13-12(9-11)19(6-3-7-22-13)15-14(18)16(20)17(15)21;1-9(2)5-10-3-4-12-11(6-10)7-19(8-13(12)20)15-14(18)16(21)17(15)22;1-10(2)8-11-5-6-12-4-3-7-19(13(12)9-11)15-14(18)16(20)17(15)21;1-9(2)7-10-3-4-12-11(8-10)18(5-6-21-12)14-13(17)15(19)16(14)20/h6-7,10-11H,3-5,8-9,19H2,1-2H3;3-4,6,9H,5,7-8,20H2,1-2H3;4-5,9-10H,3,6-8,18H2,1-2H3;3-4,6,9H,5,7-8,18H2,1-2H3;5-6,9-10H,3-4,7-8,18H2,1-2H3;3-4,8-9H,5-7,17H2,1-2H3. The van der Waals surface area contributed by atoms with E-state index in [9.17, 15) is 71.1 Å². The van der Waals surface area contributed by atoms with Gasteiger partial charge in [0.05, 0.1) is 37.6 Å². The highest BCUT2D eigenvalue weighted by molar-refractivity contribution is 6.03. The Hall–Kier alpha value is -13.5. The van der Waals surface area contributed by atoms with Gasteiger partial charge in [-0.2, -0.15) is 8.78 Å². The summed E-state index contributed by atoms with van der Waals surface area (Å²) in [6.45, 7) is 29.5. The first kappa shape index (κ1) is 95.1. The van der Waals surface area contributed by atoms with Gasteiger partial charge in [0.15, 0.2) is 5.78 Å². The summed E-state index contributed by atoms with van der Waals surface area (Å²) in [5, 5.41) is 0. The van der Waals surface area contributed by atoms with E-state index >= 15 is 0 Å². The number of nitrogens with two attached hydrogens (primary N) is 6. The molecule has 0 amide bonds. The molecule has 12 aromatic carbocycles. The number of ketones is 1. The smallest absolute Gasteiger partial charge is 0.290 e. The second-order valence-corrected chi connectivity index (χ2v) is 37.7. The van der Waals surface area contributed by atoms with Crippen LogP contribution >= 0.6 is 0 Å². The number of rotatable bonds is 18. The van der Waals surface area contributed by atoms with E-state index < -0.39 is 77.6 Å². The van der Waals surface area contributed by atoms with Crippen molar-refractivity contribution in [2.45, 2.75) is 179 Å². The monoisotopic (exact) mass is 1790 g/mol. The van der Waals surface area contributed by atoms with Crippen molar-refractivity contribution >= 4 is 96.8 Å². The predicted molar refractivity (Wildman–Crippen MR) is 520 cm³/mol. The number of carbonyl (C=O) groups is 1. The van der Waals surface area contributed by atoms with Crippen LogP contribution in [-0.2, 0) is 70.4 Å². The summed E-state index contributed by atoms with van der Waals surface area (Å²) in [5.74, 6) is 1.49. The Morgan fingerprint density at radius 2 is 0.618 bits per heavy atom. The fourth-order valence-electron chi connectivity index (χ4n) is 18.3. The third-order valence-corrected chi connectivity index (χ3v) is 24.4. The summed E-state index contributed by atoms with van der Waals surface area (Å²) in [4.78, 5) is 161. The van der Waals surface area contributed by atoms with E-state index in [1.54, 1.807) is 17.0 Å². The van der Waals surface area contributed by atoms with Crippen molar-refractivity contribution in [3.8, 4) is 11.5 Å². The van der Waals surface area contributed by atoms with E-state index in [0.29, 0.717) is 102 Å². The lowest BCUT2D eigenvalue weighted by Gasteiger charge is -2.36. The Balaban J connectivity index is 0.000000134. The van der Waals surface area contributed by atoms with Crippen molar-refractivity contribution in [1.82, 2.24) is 0 Å². The number of fused-ring (bicyclic) bond motifs is 6. The summed E-state index contributed by atoms with van der Waals surface area (Å²) in [7, 11) is 0. The van der Waals surface area contributed by atoms with Crippen LogP contribution in [0.1, 0.15) is 180 Å². The Morgan fingerprint density at radius 1 is 0.305 bits per heavy atom. The number of nitrogen functional groups attached to an aromatic ring is 6. The highest BCUT2D eigenvalue weighted by atomic mass is 19.3. The first-order chi connectivity index (χ1) is 62.0. The van der Waals surface area contributed by atoms with Crippen LogP contribution in [0.5, 0.6) is 11.5 Å². The van der Waals surface area contributed by atoms with Crippen LogP contribution in [0.25, 0.3) is 0 Å². The summed E-state index contributed by atoms with van der Waals surface area (Å²) in [5.41, 5.74) is 44.0. The lowest BCUT2D eigenvalue weighted by Crippen LogP contribution is -2.48. The maximum absolute atomic E-state index is 14.4. The van der Waals surface area contributed by atoms with Crippen molar-refractivity contribution in [1.29, 1.82) is 0 Å². The minimum absolute atomic E-state index is 0.0153. The normalized spacial score (nSPS) is 15.1. The molecule has 131 heavy (non-hydrogen) atoms. The summed E-state index contributed by atoms with van der Waals surface area (Å²) in [6, 6.07) is 35.8. The fraction of sp³-hybridized carbons (Fsp3) is 0.402. The van der Waals surface area contributed by atoms with E-state index in [1.165, 1.54) is 49.9 Å². The lowest BCUT2D eigenvalue weighted by molar-refractivity contribution is -0.00253. The van der Waals surface area contributed by atoms with Crippen LogP contribution in [0, 0.1) is 35.5 Å². The molecule has 6 aliphatic rings. The van der Waals surface area contributed by atoms with Crippen LogP contribution < -0.4 is 138 Å². The van der Waals surface area contributed by atoms with Gasteiger partial charge in [-0.3, -0.25) is 62.3 Å². The van der Waals surface area contributed by atoms with Gasteiger partial charge in [0.1, 0.15) is 86.4 Å². The molecule has 0 aliphatic carbocycles. The van der Waals surface area contributed by atoms with Gasteiger partial charge in [0, 0.05) is 55.2 Å².